The summed E-state index contributed by atoms with van der Waals surface area (Å²) in [5, 5.41) is 2.80. The van der Waals surface area contributed by atoms with Crippen LogP contribution in [-0.2, 0) is 0 Å². The predicted octanol–water partition coefficient (Wildman–Crippen LogP) is 4.60. The van der Waals surface area contributed by atoms with Crippen molar-refractivity contribution in [1.29, 1.82) is 0 Å². The first-order valence-corrected chi connectivity index (χ1v) is 5.69. The minimum atomic E-state index is -0.600. The molecule has 18 heavy (non-hydrogen) atoms. The normalized spacial score (nSPS) is 10.4. The van der Waals surface area contributed by atoms with Gasteiger partial charge in [-0.1, -0.05) is 23.2 Å². The molecule has 2 nitrogen and oxygen atoms in total. The Morgan fingerprint density at radius 2 is 1.61 bits per heavy atom. The molecule has 2 rings (SSSR count). The van der Waals surface area contributed by atoms with Crippen molar-refractivity contribution in [1.82, 2.24) is 0 Å². The molecule has 0 amide bonds. The van der Waals surface area contributed by atoms with E-state index in [0.29, 0.717) is 11.4 Å². The summed E-state index contributed by atoms with van der Waals surface area (Å²) in [5.41, 5.74) is 6.77. The van der Waals surface area contributed by atoms with Crippen LogP contribution < -0.4 is 11.1 Å². The lowest BCUT2D eigenvalue weighted by molar-refractivity contribution is 0.628. The second kappa shape index (κ2) is 5.00. The zero-order chi connectivity index (χ0) is 13.3. The van der Waals surface area contributed by atoms with Crippen molar-refractivity contribution in [3.63, 3.8) is 0 Å². The van der Waals surface area contributed by atoms with Crippen LogP contribution in [0, 0.1) is 11.6 Å². The fourth-order valence-corrected chi connectivity index (χ4v) is 1.74. The van der Waals surface area contributed by atoms with Crippen molar-refractivity contribution in [3.8, 4) is 0 Å². The molecule has 2 aromatic rings. The van der Waals surface area contributed by atoms with Crippen LogP contribution in [0.5, 0.6) is 0 Å². The fourth-order valence-electron chi connectivity index (χ4n) is 1.40. The maximum Gasteiger partial charge on any atom is 0.143 e. The van der Waals surface area contributed by atoms with Gasteiger partial charge in [0.1, 0.15) is 11.6 Å². The minimum Gasteiger partial charge on any atom is -0.397 e. The molecule has 0 aromatic heterocycles. The van der Waals surface area contributed by atoms with E-state index >= 15 is 0 Å². The molecule has 0 unspecified atom stereocenters. The molecule has 0 aliphatic heterocycles. The van der Waals surface area contributed by atoms with E-state index in [4.69, 9.17) is 28.9 Å². The van der Waals surface area contributed by atoms with Gasteiger partial charge in [0.2, 0.25) is 0 Å². The second-order valence-corrected chi connectivity index (χ2v) is 4.42. The van der Waals surface area contributed by atoms with Gasteiger partial charge >= 0.3 is 0 Å². The van der Waals surface area contributed by atoms with Crippen LogP contribution in [0.1, 0.15) is 0 Å². The fraction of sp³-hybridized carbons (Fsp3) is 0. The highest BCUT2D eigenvalue weighted by Crippen LogP contribution is 2.30. The van der Waals surface area contributed by atoms with Gasteiger partial charge in [-0.3, -0.25) is 0 Å². The van der Waals surface area contributed by atoms with Gasteiger partial charge in [-0.2, -0.15) is 0 Å². The largest absolute Gasteiger partial charge is 0.397 e. The van der Waals surface area contributed by atoms with E-state index in [1.54, 1.807) is 0 Å². The molecule has 2 aromatic carbocycles. The molecule has 0 spiro atoms. The van der Waals surface area contributed by atoms with Crippen LogP contribution >= 0.6 is 23.2 Å². The Labute approximate surface area is 112 Å². The summed E-state index contributed by atoms with van der Waals surface area (Å²) < 4.78 is 26.1. The zero-order valence-electron chi connectivity index (χ0n) is 8.98. The summed E-state index contributed by atoms with van der Waals surface area (Å²) in [6.45, 7) is 0. The smallest absolute Gasteiger partial charge is 0.143 e. The van der Waals surface area contributed by atoms with Crippen molar-refractivity contribution in [3.05, 3.63) is 52.0 Å². The molecule has 6 heteroatoms. The lowest BCUT2D eigenvalue weighted by Crippen LogP contribution is -1.98. The highest BCUT2D eigenvalue weighted by Gasteiger charge is 2.07. The Bertz CT molecular complexity index is 603. The lowest BCUT2D eigenvalue weighted by atomic mass is 10.2. The third-order valence-corrected chi connectivity index (χ3v) is 2.87. The maximum absolute atomic E-state index is 13.1. The number of hydrogen-bond acceptors (Lipinski definition) is 2. The molecule has 0 saturated carbocycles. The third kappa shape index (κ3) is 2.66. The van der Waals surface area contributed by atoms with Crippen molar-refractivity contribution < 1.29 is 8.78 Å². The Balaban J connectivity index is 2.34. The number of hydrogen-bond donors (Lipinski definition) is 2. The van der Waals surface area contributed by atoms with Crippen LogP contribution in [0.25, 0.3) is 0 Å². The van der Waals surface area contributed by atoms with E-state index in [-0.39, 0.29) is 15.7 Å². The van der Waals surface area contributed by atoms with Crippen molar-refractivity contribution in [2.75, 3.05) is 11.1 Å². The van der Waals surface area contributed by atoms with Crippen molar-refractivity contribution in [2.24, 2.45) is 0 Å². The molecule has 3 N–H and O–H groups in total. The van der Waals surface area contributed by atoms with E-state index in [2.05, 4.69) is 5.32 Å². The molecule has 0 fully saturated rings. The third-order valence-electron chi connectivity index (χ3n) is 2.29. The van der Waals surface area contributed by atoms with Gasteiger partial charge < -0.3 is 11.1 Å². The summed E-state index contributed by atoms with van der Waals surface area (Å²) in [6, 6.07) is 6.55. The number of nitrogen functional groups attached to an aromatic ring is 1. The monoisotopic (exact) mass is 288 g/mol. The number of benzene rings is 2. The summed E-state index contributed by atoms with van der Waals surface area (Å²) in [6.07, 6.45) is 0. The predicted molar refractivity (Wildman–Crippen MR) is 70.5 cm³/mol. The van der Waals surface area contributed by atoms with Gasteiger partial charge in [0.05, 0.1) is 21.4 Å². The molecule has 0 atom stereocenters. The number of anilines is 3. The lowest BCUT2D eigenvalue weighted by Gasteiger charge is -2.10. The van der Waals surface area contributed by atoms with Gasteiger partial charge in [-0.05, 0) is 24.3 Å². The Morgan fingerprint density at radius 3 is 2.28 bits per heavy atom. The molecule has 0 saturated heterocycles. The van der Waals surface area contributed by atoms with Crippen LogP contribution in [0.2, 0.25) is 10.0 Å². The van der Waals surface area contributed by atoms with E-state index in [1.807, 2.05) is 0 Å². The highest BCUT2D eigenvalue weighted by molar-refractivity contribution is 6.31. The molecule has 0 heterocycles. The Kier molecular flexibility index (Phi) is 3.59. The van der Waals surface area contributed by atoms with Crippen LogP contribution in [0.3, 0.4) is 0 Å². The summed E-state index contributed by atoms with van der Waals surface area (Å²) >= 11 is 11.3. The van der Waals surface area contributed by atoms with Gasteiger partial charge in [0, 0.05) is 11.8 Å². The van der Waals surface area contributed by atoms with Gasteiger partial charge in [-0.15, -0.1) is 0 Å². The number of halogens is 4. The van der Waals surface area contributed by atoms with Crippen LogP contribution in [0.15, 0.2) is 30.3 Å². The molecule has 0 aliphatic carbocycles. The van der Waals surface area contributed by atoms with E-state index in [1.165, 1.54) is 24.3 Å². The topological polar surface area (TPSA) is 38.0 Å². The van der Waals surface area contributed by atoms with E-state index in [0.717, 1.165) is 6.07 Å². The van der Waals surface area contributed by atoms with Crippen molar-refractivity contribution in [2.45, 2.75) is 0 Å². The highest BCUT2D eigenvalue weighted by atomic mass is 35.5. The quantitative estimate of drug-likeness (QED) is 0.793. The summed E-state index contributed by atoms with van der Waals surface area (Å²) in [4.78, 5) is 0. The number of nitrogens with two attached hydrogens (primary N) is 1. The van der Waals surface area contributed by atoms with E-state index in [9.17, 15) is 8.78 Å². The maximum atomic E-state index is 13.1. The first-order chi connectivity index (χ1) is 8.47. The Morgan fingerprint density at radius 1 is 0.944 bits per heavy atom. The second-order valence-electron chi connectivity index (χ2n) is 3.61. The Hall–Kier alpha value is -1.52. The van der Waals surface area contributed by atoms with Crippen LogP contribution in [-0.4, -0.2) is 0 Å². The molecule has 94 valence electrons. The molecular weight excluding hydrogens is 281 g/mol. The summed E-state index contributed by atoms with van der Waals surface area (Å²) in [5.74, 6) is -1.12. The SMILES string of the molecule is Nc1cc(F)c(Cl)cc1Nc1ccc(F)c(Cl)c1. The van der Waals surface area contributed by atoms with Crippen LogP contribution in [0.4, 0.5) is 25.8 Å². The standard InChI is InChI=1S/C12H8Cl2F2N2/c13-7-3-6(1-2-9(7)15)18-12-4-8(14)10(16)5-11(12)17/h1-5,18H,17H2. The molecule has 0 radical (unpaired) electrons. The zero-order valence-corrected chi connectivity index (χ0v) is 10.5. The van der Waals surface area contributed by atoms with Crippen molar-refractivity contribution >= 4 is 40.3 Å². The molecule has 0 aliphatic rings. The minimum absolute atomic E-state index is 0.0215. The summed E-state index contributed by atoms with van der Waals surface area (Å²) in [7, 11) is 0. The molecular formula is C12H8Cl2F2N2. The van der Waals surface area contributed by atoms with Gasteiger partial charge in [0.15, 0.2) is 0 Å². The van der Waals surface area contributed by atoms with E-state index < -0.39 is 11.6 Å². The van der Waals surface area contributed by atoms with Gasteiger partial charge in [0.25, 0.3) is 0 Å². The number of nitrogens with one attached hydrogen (secondary N) is 1. The van der Waals surface area contributed by atoms with Gasteiger partial charge in [-0.25, -0.2) is 8.78 Å². The first-order valence-electron chi connectivity index (χ1n) is 4.94. The number of rotatable bonds is 2. The molecule has 0 bridgehead atoms. The average Bonchev–Trinajstić information content (AvgIpc) is 2.31. The first kappa shape index (κ1) is 12.9. The average molecular weight is 289 g/mol.